The maximum Gasteiger partial charge on any atom is 0.161 e. The number of hydrogen-bond donors (Lipinski definition) is 1. The summed E-state index contributed by atoms with van der Waals surface area (Å²) in [5.41, 5.74) is 12.9. The lowest BCUT2D eigenvalue weighted by molar-refractivity contribution is -0.121. The molecular weight excluding hydrogens is 643 g/mol. The molecule has 6 aromatic rings. The summed E-state index contributed by atoms with van der Waals surface area (Å²) in [4.78, 5) is 43.8. The third kappa shape index (κ3) is 11.5. The standard InChI is InChI=1S/C31H28N2O.C8H9NO.C7H6O/c1-23(27-17-9-11-19-29(27)32-21-25-13-5-3-6-14-25)31(34)24(2)28-18-10-12-20-30(28)33-22-26-15-7-4-8-16-26;1-6(10)7-4-2-3-5-8(7)9;8-6-7-4-2-1-3-5-7/h3-24H,1-2H3;2-5H,9H2,1H3;1-6H. The van der Waals surface area contributed by atoms with Crippen LogP contribution in [-0.4, -0.2) is 30.3 Å². The van der Waals surface area contributed by atoms with Gasteiger partial charge in [-0.1, -0.05) is 153 Å². The summed E-state index contributed by atoms with van der Waals surface area (Å²) in [5.74, 6) is -0.446. The zero-order valence-corrected chi connectivity index (χ0v) is 29.7. The van der Waals surface area contributed by atoms with Crippen LogP contribution in [0, 0.1) is 0 Å². The van der Waals surface area contributed by atoms with E-state index in [9.17, 15) is 14.4 Å². The number of para-hydroxylation sites is 3. The molecule has 0 saturated heterocycles. The topological polar surface area (TPSA) is 102 Å². The Morgan fingerprint density at radius 3 is 1.25 bits per heavy atom. The third-order valence-electron chi connectivity index (χ3n) is 8.24. The van der Waals surface area contributed by atoms with Gasteiger partial charge < -0.3 is 5.73 Å². The van der Waals surface area contributed by atoms with E-state index in [1.54, 1.807) is 30.3 Å². The predicted octanol–water partition coefficient (Wildman–Crippen LogP) is 10.6. The number of hydrogen-bond acceptors (Lipinski definition) is 6. The van der Waals surface area contributed by atoms with Crippen molar-refractivity contribution in [2.75, 3.05) is 5.73 Å². The van der Waals surface area contributed by atoms with E-state index in [4.69, 9.17) is 15.7 Å². The molecule has 0 bridgehead atoms. The van der Waals surface area contributed by atoms with Crippen LogP contribution in [0.1, 0.15) is 75.6 Å². The fourth-order valence-electron chi connectivity index (χ4n) is 5.34. The van der Waals surface area contributed by atoms with Gasteiger partial charge in [0.25, 0.3) is 0 Å². The molecule has 0 aromatic heterocycles. The Balaban J connectivity index is 0.000000272. The molecule has 6 rings (SSSR count). The highest BCUT2D eigenvalue weighted by Crippen LogP contribution is 2.35. The summed E-state index contributed by atoms with van der Waals surface area (Å²) in [6.45, 7) is 5.43. The van der Waals surface area contributed by atoms with Crippen LogP contribution >= 0.6 is 0 Å². The molecule has 0 heterocycles. The third-order valence-corrected chi connectivity index (χ3v) is 8.24. The van der Waals surface area contributed by atoms with Crippen molar-refractivity contribution in [1.29, 1.82) is 0 Å². The number of nitrogens with zero attached hydrogens (tertiary/aromatic N) is 2. The first-order valence-corrected chi connectivity index (χ1v) is 17.0. The minimum Gasteiger partial charge on any atom is -0.398 e. The van der Waals surface area contributed by atoms with Crippen LogP contribution in [-0.2, 0) is 4.79 Å². The van der Waals surface area contributed by atoms with Crippen molar-refractivity contribution < 1.29 is 14.4 Å². The summed E-state index contributed by atoms with van der Waals surface area (Å²) in [6, 6.07) is 51.8. The summed E-state index contributed by atoms with van der Waals surface area (Å²) in [7, 11) is 0. The minimum atomic E-state index is -0.301. The molecule has 2 atom stereocenters. The molecule has 52 heavy (non-hydrogen) atoms. The minimum absolute atomic E-state index is 0.0121. The zero-order valence-electron chi connectivity index (χ0n) is 29.7. The smallest absolute Gasteiger partial charge is 0.161 e. The van der Waals surface area contributed by atoms with Crippen LogP contribution in [0.2, 0.25) is 0 Å². The lowest BCUT2D eigenvalue weighted by atomic mass is 9.84. The van der Waals surface area contributed by atoms with Crippen LogP contribution in [0.25, 0.3) is 0 Å². The molecule has 0 amide bonds. The van der Waals surface area contributed by atoms with Gasteiger partial charge >= 0.3 is 0 Å². The summed E-state index contributed by atoms with van der Waals surface area (Å²) in [6.07, 6.45) is 4.51. The van der Waals surface area contributed by atoms with E-state index in [2.05, 4.69) is 0 Å². The van der Waals surface area contributed by atoms with Crippen molar-refractivity contribution in [2.24, 2.45) is 9.98 Å². The summed E-state index contributed by atoms with van der Waals surface area (Å²) < 4.78 is 0. The number of carbonyl (C=O) groups excluding carboxylic acids is 3. The normalized spacial score (nSPS) is 11.8. The molecule has 2 N–H and O–H groups in total. The Bertz CT molecular complexity index is 1990. The number of aliphatic imine (C=N–C) groups is 2. The van der Waals surface area contributed by atoms with Gasteiger partial charge in [-0.25, -0.2) is 0 Å². The van der Waals surface area contributed by atoms with Crippen LogP contribution in [0.5, 0.6) is 0 Å². The van der Waals surface area contributed by atoms with Gasteiger partial charge in [-0.05, 0) is 53.4 Å². The van der Waals surface area contributed by atoms with E-state index in [-0.39, 0.29) is 23.4 Å². The molecule has 0 radical (unpaired) electrons. The fraction of sp³-hybridized carbons (Fsp3) is 0.109. The van der Waals surface area contributed by atoms with Crippen molar-refractivity contribution in [1.82, 2.24) is 0 Å². The number of rotatable bonds is 10. The molecule has 2 unspecified atom stereocenters. The van der Waals surface area contributed by atoms with E-state index in [1.807, 2.05) is 160 Å². The molecule has 6 nitrogen and oxygen atoms in total. The molecule has 0 aliphatic carbocycles. The Kier molecular flexibility index (Phi) is 14.9. The number of Topliss-reactive ketones (excluding diaryl/α,β-unsaturated/α-hetero) is 2. The van der Waals surface area contributed by atoms with Gasteiger partial charge in [-0.2, -0.15) is 0 Å². The first-order valence-electron chi connectivity index (χ1n) is 17.0. The lowest BCUT2D eigenvalue weighted by Crippen LogP contribution is -2.17. The molecule has 0 fully saturated rings. The average Bonchev–Trinajstić information content (AvgIpc) is 3.20. The van der Waals surface area contributed by atoms with Gasteiger partial charge in [0.05, 0.1) is 11.4 Å². The van der Waals surface area contributed by atoms with Crippen molar-refractivity contribution in [3.8, 4) is 0 Å². The highest BCUT2D eigenvalue weighted by Gasteiger charge is 2.26. The molecule has 6 aromatic carbocycles. The fourth-order valence-corrected chi connectivity index (χ4v) is 5.34. The first kappa shape index (κ1) is 38.3. The van der Waals surface area contributed by atoms with Gasteiger partial charge in [0, 0.05) is 41.1 Å². The Morgan fingerprint density at radius 2 is 0.885 bits per heavy atom. The van der Waals surface area contributed by atoms with E-state index < -0.39 is 0 Å². The predicted molar refractivity (Wildman–Crippen MR) is 215 cm³/mol. The van der Waals surface area contributed by atoms with Gasteiger partial charge in [0.2, 0.25) is 0 Å². The summed E-state index contributed by atoms with van der Waals surface area (Å²) >= 11 is 0. The van der Waals surface area contributed by atoms with E-state index in [0.29, 0.717) is 11.3 Å². The van der Waals surface area contributed by atoms with E-state index >= 15 is 0 Å². The molecule has 6 heteroatoms. The van der Waals surface area contributed by atoms with Crippen molar-refractivity contribution in [3.63, 3.8) is 0 Å². The van der Waals surface area contributed by atoms with Crippen LogP contribution in [0.4, 0.5) is 17.1 Å². The van der Waals surface area contributed by atoms with Crippen molar-refractivity contribution in [2.45, 2.75) is 32.6 Å². The SMILES string of the molecule is CC(=O)c1ccccc1N.CC(C(=O)C(C)c1ccccc1N=Cc1ccccc1)c1ccccc1N=Cc1ccccc1.O=Cc1ccccc1. The second-order valence-electron chi connectivity index (χ2n) is 12.0. The van der Waals surface area contributed by atoms with Crippen LogP contribution < -0.4 is 5.73 Å². The monoisotopic (exact) mass is 685 g/mol. The highest BCUT2D eigenvalue weighted by atomic mass is 16.1. The lowest BCUT2D eigenvalue weighted by Gasteiger charge is -2.19. The van der Waals surface area contributed by atoms with Gasteiger partial charge in [0.1, 0.15) is 12.1 Å². The molecule has 0 aliphatic rings. The zero-order chi connectivity index (χ0) is 37.1. The first-order chi connectivity index (χ1) is 25.3. The molecule has 0 spiro atoms. The number of ketones is 2. The van der Waals surface area contributed by atoms with Gasteiger partial charge in [0.15, 0.2) is 5.78 Å². The molecule has 260 valence electrons. The number of nitrogens with two attached hydrogens (primary N) is 1. The molecule has 0 aliphatic heterocycles. The number of nitrogen functional groups attached to an aromatic ring is 1. The average molecular weight is 686 g/mol. The quantitative estimate of drug-likeness (QED) is 0.0671. The number of benzene rings is 6. The highest BCUT2D eigenvalue weighted by molar-refractivity contribution is 5.99. The maximum absolute atomic E-state index is 13.6. The Hall–Kier alpha value is -6.53. The van der Waals surface area contributed by atoms with Crippen molar-refractivity contribution in [3.05, 3.63) is 197 Å². The Labute approximate surface area is 306 Å². The van der Waals surface area contributed by atoms with E-state index in [0.717, 1.165) is 45.5 Å². The molecule has 0 saturated carbocycles. The number of carbonyl (C=O) groups is 3. The van der Waals surface area contributed by atoms with Gasteiger partial charge in [-0.3, -0.25) is 24.4 Å². The number of aldehydes is 1. The van der Waals surface area contributed by atoms with Crippen molar-refractivity contribution >= 4 is 47.3 Å². The number of anilines is 1. The van der Waals surface area contributed by atoms with Gasteiger partial charge in [-0.15, -0.1) is 0 Å². The van der Waals surface area contributed by atoms with E-state index in [1.165, 1.54) is 6.92 Å². The van der Waals surface area contributed by atoms with Crippen LogP contribution in [0.15, 0.2) is 174 Å². The maximum atomic E-state index is 13.6. The molecular formula is C46H43N3O3. The Morgan fingerprint density at radius 1 is 0.519 bits per heavy atom. The van der Waals surface area contributed by atoms with Crippen LogP contribution in [0.3, 0.4) is 0 Å². The second-order valence-corrected chi connectivity index (χ2v) is 12.0. The second kappa shape index (κ2) is 20.2. The summed E-state index contributed by atoms with van der Waals surface area (Å²) in [5, 5.41) is 0. The largest absolute Gasteiger partial charge is 0.398 e.